The number of sulfonamides is 1. The summed E-state index contributed by atoms with van der Waals surface area (Å²) in [4.78, 5) is 12.9. The lowest BCUT2D eigenvalue weighted by Gasteiger charge is -2.30. The second-order valence-corrected chi connectivity index (χ2v) is 9.24. The summed E-state index contributed by atoms with van der Waals surface area (Å²) < 4.78 is 26.2. The van der Waals surface area contributed by atoms with E-state index < -0.39 is 16.1 Å². The summed E-state index contributed by atoms with van der Waals surface area (Å²) in [5.74, 6) is -0.323. The molecule has 1 amide bonds. The summed E-state index contributed by atoms with van der Waals surface area (Å²) in [6.07, 6.45) is 1.84. The van der Waals surface area contributed by atoms with E-state index in [9.17, 15) is 13.2 Å². The number of carbonyl (C=O) groups is 1. The van der Waals surface area contributed by atoms with Gasteiger partial charge in [0.1, 0.15) is 6.04 Å². The quantitative estimate of drug-likeness (QED) is 0.760. The van der Waals surface area contributed by atoms with Crippen LogP contribution in [0.1, 0.15) is 48.6 Å². The number of anilines is 1. The van der Waals surface area contributed by atoms with Gasteiger partial charge in [-0.2, -0.15) is 0 Å². The number of carbonyl (C=O) groups excluding carboxylic acids is 1. The van der Waals surface area contributed by atoms with E-state index in [1.165, 1.54) is 4.31 Å². The molecule has 2 atom stereocenters. The summed E-state index contributed by atoms with van der Waals surface area (Å²) in [5, 5.41) is 3.01. The van der Waals surface area contributed by atoms with Gasteiger partial charge in [-0.15, -0.1) is 0 Å². The number of nitrogens with zero attached hydrogens (tertiary/aromatic N) is 1. The lowest BCUT2D eigenvalue weighted by Crippen LogP contribution is -2.48. The van der Waals surface area contributed by atoms with Crippen molar-refractivity contribution in [2.75, 3.05) is 10.6 Å². The van der Waals surface area contributed by atoms with Gasteiger partial charge in [-0.25, -0.2) is 8.42 Å². The van der Waals surface area contributed by atoms with Crippen LogP contribution in [0.5, 0.6) is 0 Å². The molecule has 0 fully saturated rings. The summed E-state index contributed by atoms with van der Waals surface area (Å²) in [6, 6.07) is 12.4. The summed E-state index contributed by atoms with van der Waals surface area (Å²) in [6.45, 7) is 9.52. The SMILES string of the molecule is CCC(NC(=O)C(C)N(c1ccc(C)c(C)c1)S(C)(=O)=O)c1ccc(C)cc1. The second-order valence-electron chi connectivity index (χ2n) is 7.38. The molecule has 0 aliphatic heterocycles. The van der Waals surface area contributed by atoms with E-state index in [1.54, 1.807) is 19.1 Å². The van der Waals surface area contributed by atoms with Crippen LogP contribution < -0.4 is 9.62 Å². The Kier molecular flexibility index (Phi) is 6.88. The van der Waals surface area contributed by atoms with E-state index in [0.29, 0.717) is 12.1 Å². The number of amides is 1. The molecule has 28 heavy (non-hydrogen) atoms. The Hall–Kier alpha value is -2.34. The van der Waals surface area contributed by atoms with Gasteiger partial charge >= 0.3 is 0 Å². The van der Waals surface area contributed by atoms with Gasteiger partial charge in [0.15, 0.2) is 0 Å². The Morgan fingerprint density at radius 1 is 1.04 bits per heavy atom. The van der Waals surface area contributed by atoms with Crippen molar-refractivity contribution < 1.29 is 13.2 Å². The second kappa shape index (κ2) is 8.78. The fraction of sp³-hybridized carbons (Fsp3) is 0.409. The molecular weight excluding hydrogens is 372 g/mol. The minimum Gasteiger partial charge on any atom is -0.347 e. The van der Waals surface area contributed by atoms with Crippen LogP contribution in [-0.4, -0.2) is 26.6 Å². The predicted molar refractivity (Wildman–Crippen MR) is 115 cm³/mol. The highest BCUT2D eigenvalue weighted by molar-refractivity contribution is 7.92. The number of hydrogen-bond donors (Lipinski definition) is 1. The molecule has 0 heterocycles. The Labute approximate surface area is 168 Å². The Balaban J connectivity index is 2.30. The number of nitrogens with one attached hydrogen (secondary N) is 1. The average molecular weight is 403 g/mol. The third-order valence-electron chi connectivity index (χ3n) is 5.04. The van der Waals surface area contributed by atoms with Gasteiger partial charge in [0.25, 0.3) is 0 Å². The molecule has 6 heteroatoms. The van der Waals surface area contributed by atoms with Crippen LogP contribution in [-0.2, 0) is 14.8 Å². The highest BCUT2D eigenvalue weighted by Gasteiger charge is 2.30. The molecule has 0 aliphatic carbocycles. The third-order valence-corrected chi connectivity index (χ3v) is 6.28. The molecule has 0 aromatic heterocycles. The molecule has 152 valence electrons. The largest absolute Gasteiger partial charge is 0.347 e. The predicted octanol–water partition coefficient (Wildman–Crippen LogP) is 4.03. The molecule has 0 radical (unpaired) electrons. The van der Waals surface area contributed by atoms with Gasteiger partial charge in [0.2, 0.25) is 15.9 Å². The smallest absolute Gasteiger partial charge is 0.244 e. The molecular formula is C22H30N2O3S. The zero-order valence-corrected chi connectivity index (χ0v) is 18.3. The molecule has 0 spiro atoms. The van der Waals surface area contributed by atoms with Crippen molar-refractivity contribution in [1.82, 2.24) is 5.32 Å². The molecule has 2 unspecified atom stereocenters. The molecule has 2 rings (SSSR count). The van der Waals surface area contributed by atoms with E-state index in [0.717, 1.165) is 28.5 Å². The molecule has 0 bridgehead atoms. The first-order chi connectivity index (χ1) is 13.0. The van der Waals surface area contributed by atoms with Crippen molar-refractivity contribution in [3.05, 3.63) is 64.7 Å². The topological polar surface area (TPSA) is 66.5 Å². The Morgan fingerprint density at radius 3 is 2.14 bits per heavy atom. The maximum atomic E-state index is 12.9. The normalized spacial score (nSPS) is 13.6. The Morgan fingerprint density at radius 2 is 1.64 bits per heavy atom. The molecule has 2 aromatic carbocycles. The molecule has 2 aromatic rings. The van der Waals surface area contributed by atoms with Crippen LogP contribution >= 0.6 is 0 Å². The molecule has 1 N–H and O–H groups in total. The van der Waals surface area contributed by atoms with Gasteiger partial charge in [-0.3, -0.25) is 9.10 Å². The maximum absolute atomic E-state index is 12.9. The lowest BCUT2D eigenvalue weighted by molar-refractivity contribution is -0.122. The van der Waals surface area contributed by atoms with Crippen LogP contribution in [0, 0.1) is 20.8 Å². The first kappa shape index (κ1) is 22.0. The van der Waals surface area contributed by atoms with Crippen molar-refractivity contribution in [2.45, 2.75) is 53.1 Å². The van der Waals surface area contributed by atoms with Crippen LogP contribution in [0.3, 0.4) is 0 Å². The minimum absolute atomic E-state index is 0.170. The van der Waals surface area contributed by atoms with E-state index in [1.807, 2.05) is 58.0 Å². The summed E-state index contributed by atoms with van der Waals surface area (Å²) in [7, 11) is -3.63. The third kappa shape index (κ3) is 5.13. The van der Waals surface area contributed by atoms with Crippen LogP contribution in [0.15, 0.2) is 42.5 Å². The summed E-state index contributed by atoms with van der Waals surface area (Å²) in [5.41, 5.74) is 4.70. The standard InChI is InChI=1S/C22H30N2O3S/c1-7-21(19-11-8-15(2)9-12-19)23-22(25)18(5)24(28(6,26)27)20-13-10-16(3)17(4)14-20/h8-14,18,21H,7H2,1-6H3,(H,23,25). The van der Waals surface area contributed by atoms with Crippen molar-refractivity contribution in [3.63, 3.8) is 0 Å². The fourth-order valence-electron chi connectivity index (χ4n) is 3.18. The van der Waals surface area contributed by atoms with Crippen molar-refractivity contribution in [1.29, 1.82) is 0 Å². The molecule has 0 aliphatic rings. The van der Waals surface area contributed by atoms with Crippen molar-refractivity contribution in [2.24, 2.45) is 0 Å². The number of rotatable bonds is 7. The summed E-state index contributed by atoms with van der Waals surface area (Å²) >= 11 is 0. The van der Waals surface area contributed by atoms with Crippen LogP contribution in [0.4, 0.5) is 5.69 Å². The zero-order valence-electron chi connectivity index (χ0n) is 17.5. The van der Waals surface area contributed by atoms with E-state index in [4.69, 9.17) is 0 Å². The molecule has 5 nitrogen and oxygen atoms in total. The van der Waals surface area contributed by atoms with E-state index in [-0.39, 0.29) is 11.9 Å². The van der Waals surface area contributed by atoms with Crippen molar-refractivity contribution in [3.8, 4) is 0 Å². The minimum atomic E-state index is -3.63. The van der Waals surface area contributed by atoms with E-state index >= 15 is 0 Å². The van der Waals surface area contributed by atoms with Gasteiger partial charge in [-0.1, -0.05) is 42.8 Å². The van der Waals surface area contributed by atoms with Crippen molar-refractivity contribution >= 4 is 21.6 Å². The number of benzene rings is 2. The zero-order chi connectivity index (χ0) is 21.1. The van der Waals surface area contributed by atoms with Crippen LogP contribution in [0.25, 0.3) is 0 Å². The highest BCUT2D eigenvalue weighted by atomic mass is 32.2. The average Bonchev–Trinajstić information content (AvgIpc) is 2.62. The first-order valence-corrected chi connectivity index (χ1v) is 11.3. The first-order valence-electron chi connectivity index (χ1n) is 9.48. The van der Waals surface area contributed by atoms with Gasteiger partial charge in [0.05, 0.1) is 18.0 Å². The lowest BCUT2D eigenvalue weighted by atomic mass is 10.0. The monoisotopic (exact) mass is 402 g/mol. The Bertz CT molecular complexity index is 937. The van der Waals surface area contributed by atoms with Crippen LogP contribution in [0.2, 0.25) is 0 Å². The molecule has 0 saturated carbocycles. The van der Waals surface area contributed by atoms with Gasteiger partial charge in [0, 0.05) is 0 Å². The molecule has 0 saturated heterocycles. The highest BCUT2D eigenvalue weighted by Crippen LogP contribution is 2.25. The van der Waals surface area contributed by atoms with E-state index in [2.05, 4.69) is 5.32 Å². The van der Waals surface area contributed by atoms with Gasteiger partial charge in [-0.05, 0) is 62.9 Å². The number of aryl methyl sites for hydroxylation is 3. The number of hydrogen-bond acceptors (Lipinski definition) is 3. The maximum Gasteiger partial charge on any atom is 0.244 e. The fourth-order valence-corrected chi connectivity index (χ4v) is 4.35. The van der Waals surface area contributed by atoms with Gasteiger partial charge < -0.3 is 5.32 Å².